The molecule has 0 fully saturated rings. The summed E-state index contributed by atoms with van der Waals surface area (Å²) in [6, 6.07) is 7.36. The Labute approximate surface area is 149 Å². The quantitative estimate of drug-likeness (QED) is 0.696. The van der Waals surface area contributed by atoms with E-state index in [1.165, 1.54) is 29.0 Å². The second kappa shape index (κ2) is 7.18. The number of carboxylic acids is 1. The number of nitrogens with zero attached hydrogens (tertiary/aromatic N) is 5. The first kappa shape index (κ1) is 17.3. The summed E-state index contributed by atoms with van der Waals surface area (Å²) in [7, 11) is 0. The van der Waals surface area contributed by atoms with Crippen LogP contribution in [0.1, 0.15) is 34.5 Å². The molecule has 0 saturated carbocycles. The molecule has 3 rings (SSSR count). The van der Waals surface area contributed by atoms with Crippen molar-refractivity contribution in [1.29, 1.82) is 0 Å². The summed E-state index contributed by atoms with van der Waals surface area (Å²) in [5.41, 5.74) is 2.27. The average Bonchev–Trinajstić information content (AvgIpc) is 3.26. The van der Waals surface area contributed by atoms with Crippen LogP contribution in [0, 0.1) is 6.92 Å². The molecule has 9 heteroatoms. The Balaban J connectivity index is 1.63. The van der Waals surface area contributed by atoms with Gasteiger partial charge in [0.05, 0.1) is 18.3 Å². The highest BCUT2D eigenvalue weighted by Gasteiger charge is 2.19. The molecule has 0 aliphatic rings. The number of aromatic carboxylic acids is 1. The lowest BCUT2D eigenvalue weighted by Gasteiger charge is -2.10. The molecule has 0 bridgehead atoms. The number of hydrogen-bond donors (Lipinski definition) is 2. The van der Waals surface area contributed by atoms with E-state index < -0.39 is 17.9 Å². The number of benzene rings is 1. The Morgan fingerprint density at radius 2 is 2.00 bits per heavy atom. The summed E-state index contributed by atoms with van der Waals surface area (Å²) in [6.45, 7) is 4.17. The van der Waals surface area contributed by atoms with Crippen molar-refractivity contribution in [3.05, 3.63) is 59.7 Å². The monoisotopic (exact) mass is 354 g/mol. The lowest BCUT2D eigenvalue weighted by molar-refractivity contribution is -0.119. The van der Waals surface area contributed by atoms with Gasteiger partial charge in [0.25, 0.3) is 5.91 Å². The highest BCUT2D eigenvalue weighted by molar-refractivity contribution is 5.92. The zero-order chi connectivity index (χ0) is 18.7. The van der Waals surface area contributed by atoms with E-state index in [1.54, 1.807) is 11.6 Å². The van der Waals surface area contributed by atoms with Crippen LogP contribution in [-0.4, -0.2) is 41.5 Å². The van der Waals surface area contributed by atoms with Gasteiger partial charge in [0.2, 0.25) is 5.95 Å². The molecule has 9 nitrogen and oxygen atoms in total. The molecule has 3 aromatic rings. The molecule has 0 aliphatic carbocycles. The predicted octanol–water partition coefficient (Wildman–Crippen LogP) is 1.73. The van der Waals surface area contributed by atoms with E-state index in [2.05, 4.69) is 20.5 Å². The Kier molecular flexibility index (Phi) is 4.78. The Hall–Kier alpha value is -3.49. The predicted molar refractivity (Wildman–Crippen MR) is 92.8 cm³/mol. The summed E-state index contributed by atoms with van der Waals surface area (Å²) < 4.78 is 2.91. The number of hydrogen-bond acceptors (Lipinski definition) is 5. The highest BCUT2D eigenvalue weighted by atomic mass is 16.4. The van der Waals surface area contributed by atoms with Crippen LogP contribution in [0.3, 0.4) is 0 Å². The summed E-state index contributed by atoms with van der Waals surface area (Å²) in [5.74, 6) is -1.31. The van der Waals surface area contributed by atoms with Crippen LogP contribution >= 0.6 is 0 Å². The maximum absolute atomic E-state index is 12.3. The summed E-state index contributed by atoms with van der Waals surface area (Å²) in [6.07, 6.45) is 4.03. The number of carbonyl (C=O) groups excluding carboxylic acids is 1. The van der Waals surface area contributed by atoms with E-state index in [4.69, 9.17) is 5.11 Å². The zero-order valence-electron chi connectivity index (χ0n) is 14.3. The minimum Gasteiger partial charge on any atom is -0.478 e. The van der Waals surface area contributed by atoms with Gasteiger partial charge < -0.3 is 5.11 Å². The fourth-order valence-corrected chi connectivity index (χ4v) is 2.30. The van der Waals surface area contributed by atoms with Crippen molar-refractivity contribution in [2.75, 3.05) is 5.32 Å². The van der Waals surface area contributed by atoms with Crippen molar-refractivity contribution in [2.24, 2.45) is 0 Å². The molecule has 1 amide bonds. The van der Waals surface area contributed by atoms with Gasteiger partial charge in [-0.3, -0.25) is 14.8 Å². The van der Waals surface area contributed by atoms with Crippen molar-refractivity contribution in [3.63, 3.8) is 0 Å². The number of carboxylic acid groups (broad SMARTS) is 1. The van der Waals surface area contributed by atoms with Crippen LogP contribution in [0.25, 0.3) is 0 Å². The van der Waals surface area contributed by atoms with Crippen molar-refractivity contribution < 1.29 is 14.7 Å². The minimum atomic E-state index is -1.10. The Morgan fingerprint density at radius 3 is 2.65 bits per heavy atom. The summed E-state index contributed by atoms with van der Waals surface area (Å²) >= 11 is 0. The van der Waals surface area contributed by atoms with Gasteiger partial charge in [0.15, 0.2) is 0 Å². The van der Waals surface area contributed by atoms with Crippen LogP contribution in [0.4, 0.5) is 5.95 Å². The molecule has 0 saturated heterocycles. The molecule has 1 unspecified atom stereocenters. The molecule has 2 aromatic heterocycles. The van der Waals surface area contributed by atoms with Gasteiger partial charge in [-0.15, -0.1) is 5.10 Å². The van der Waals surface area contributed by atoms with Gasteiger partial charge in [0.1, 0.15) is 12.4 Å². The minimum absolute atomic E-state index is 0.0187. The smallest absolute Gasteiger partial charge is 0.338 e. The lowest BCUT2D eigenvalue weighted by Crippen LogP contribution is -2.24. The van der Waals surface area contributed by atoms with Gasteiger partial charge in [-0.1, -0.05) is 29.8 Å². The van der Waals surface area contributed by atoms with Gasteiger partial charge in [0, 0.05) is 6.20 Å². The first-order valence-corrected chi connectivity index (χ1v) is 7.95. The van der Waals surface area contributed by atoms with E-state index in [1.807, 2.05) is 31.2 Å². The Bertz CT molecular complexity index is 928. The van der Waals surface area contributed by atoms with E-state index in [-0.39, 0.29) is 11.5 Å². The molecule has 2 N–H and O–H groups in total. The number of aromatic nitrogens is 5. The second-order valence-electron chi connectivity index (χ2n) is 5.93. The van der Waals surface area contributed by atoms with Gasteiger partial charge in [-0.2, -0.15) is 5.10 Å². The molecular formula is C17H18N6O3. The number of anilines is 1. The Morgan fingerprint density at radius 1 is 1.27 bits per heavy atom. The number of aryl methyl sites for hydroxylation is 1. The van der Waals surface area contributed by atoms with E-state index in [9.17, 15) is 9.59 Å². The van der Waals surface area contributed by atoms with Crippen molar-refractivity contribution in [1.82, 2.24) is 24.5 Å². The van der Waals surface area contributed by atoms with Gasteiger partial charge in [-0.25, -0.2) is 14.5 Å². The molecule has 0 aliphatic heterocycles. The first-order chi connectivity index (χ1) is 12.4. The molecule has 0 spiro atoms. The largest absolute Gasteiger partial charge is 0.478 e. The van der Waals surface area contributed by atoms with E-state index >= 15 is 0 Å². The van der Waals surface area contributed by atoms with Crippen LogP contribution in [-0.2, 0) is 11.3 Å². The van der Waals surface area contributed by atoms with Gasteiger partial charge >= 0.3 is 5.97 Å². The molecule has 0 radical (unpaired) electrons. The number of nitrogens with one attached hydrogen (secondary N) is 1. The number of amides is 1. The van der Waals surface area contributed by atoms with E-state index in [0.29, 0.717) is 6.54 Å². The SMILES string of the molecule is Cc1ccc(Cn2cnc(NC(=O)C(C)n3cc(C(=O)O)cn3)n2)cc1. The third-order valence-corrected chi connectivity index (χ3v) is 3.86. The summed E-state index contributed by atoms with van der Waals surface area (Å²) in [4.78, 5) is 27.3. The highest BCUT2D eigenvalue weighted by Crippen LogP contribution is 2.10. The van der Waals surface area contributed by atoms with Gasteiger partial charge in [-0.05, 0) is 19.4 Å². The molecule has 2 heterocycles. The lowest BCUT2D eigenvalue weighted by atomic mass is 10.1. The summed E-state index contributed by atoms with van der Waals surface area (Å²) in [5, 5.41) is 19.6. The third kappa shape index (κ3) is 3.94. The molecule has 134 valence electrons. The van der Waals surface area contributed by atoms with E-state index in [0.717, 1.165) is 5.56 Å². The first-order valence-electron chi connectivity index (χ1n) is 7.95. The van der Waals surface area contributed by atoms with Crippen LogP contribution in [0.2, 0.25) is 0 Å². The average molecular weight is 354 g/mol. The topological polar surface area (TPSA) is 115 Å². The maximum Gasteiger partial charge on any atom is 0.338 e. The normalized spacial score (nSPS) is 11.9. The van der Waals surface area contributed by atoms with Crippen LogP contribution in [0.5, 0.6) is 0 Å². The number of carbonyl (C=O) groups is 2. The maximum atomic E-state index is 12.3. The van der Waals surface area contributed by atoms with Crippen molar-refractivity contribution in [2.45, 2.75) is 26.4 Å². The van der Waals surface area contributed by atoms with Crippen LogP contribution < -0.4 is 5.32 Å². The zero-order valence-corrected chi connectivity index (χ0v) is 14.3. The fraction of sp³-hybridized carbons (Fsp3) is 0.235. The molecular weight excluding hydrogens is 336 g/mol. The standard InChI is InChI=1S/C17H18N6O3/c1-11-3-5-13(6-4-11)8-22-10-18-17(21-22)20-15(24)12(2)23-9-14(7-19-23)16(25)26/h3-7,9-10,12H,8H2,1-2H3,(H,25,26)(H,20,21,24). The molecule has 26 heavy (non-hydrogen) atoms. The molecule has 1 atom stereocenters. The second-order valence-corrected chi connectivity index (χ2v) is 5.93. The molecule has 1 aromatic carbocycles. The van der Waals surface area contributed by atoms with Crippen molar-refractivity contribution in [3.8, 4) is 0 Å². The van der Waals surface area contributed by atoms with Crippen LogP contribution in [0.15, 0.2) is 43.0 Å². The third-order valence-electron chi connectivity index (χ3n) is 3.86. The number of rotatable bonds is 6. The van der Waals surface area contributed by atoms with Crippen molar-refractivity contribution >= 4 is 17.8 Å². The fourth-order valence-electron chi connectivity index (χ4n) is 2.30.